The minimum absolute atomic E-state index is 0.0739. The van der Waals surface area contributed by atoms with Crippen LogP contribution in [0.15, 0.2) is 0 Å². The topological polar surface area (TPSA) is 72.9 Å². The van der Waals surface area contributed by atoms with E-state index in [9.17, 15) is 14.4 Å². The molecule has 1 aliphatic carbocycles. The number of hydroxylamine groups is 2. The number of ether oxygens (including phenoxy) is 1. The average Bonchev–Trinajstić information content (AvgIpc) is 2.74. The third-order valence-electron chi connectivity index (χ3n) is 3.88. The van der Waals surface area contributed by atoms with Crippen LogP contribution >= 0.6 is 0 Å². The van der Waals surface area contributed by atoms with E-state index in [4.69, 9.17) is 4.74 Å². The van der Waals surface area contributed by atoms with E-state index >= 15 is 0 Å². The fourth-order valence-corrected chi connectivity index (χ4v) is 2.44. The van der Waals surface area contributed by atoms with E-state index in [1.807, 2.05) is 0 Å². The van der Waals surface area contributed by atoms with E-state index in [-0.39, 0.29) is 25.4 Å². The number of carbonyl (C=O) groups excluding carboxylic acids is 3. The molecule has 0 unspecified atom stereocenters. The number of rotatable bonds is 3. The predicted molar refractivity (Wildman–Crippen MR) is 72.4 cm³/mol. The smallest absolute Gasteiger partial charge is 0.432 e. The lowest BCUT2D eigenvalue weighted by Gasteiger charge is -2.23. The average molecular weight is 293 g/mol. The largest absolute Gasteiger partial charge is 0.533 e. The maximum atomic E-state index is 11.6. The van der Waals surface area contributed by atoms with Gasteiger partial charge in [-0.15, -0.1) is 11.8 Å². The maximum absolute atomic E-state index is 11.6. The molecule has 0 bridgehead atoms. The summed E-state index contributed by atoms with van der Waals surface area (Å²) in [5.41, 5.74) is 0. The summed E-state index contributed by atoms with van der Waals surface area (Å²) < 4.78 is 5.05. The Kier molecular flexibility index (Phi) is 5.20. The molecule has 1 fully saturated rings. The minimum atomic E-state index is -1.00. The first-order valence-corrected chi connectivity index (χ1v) is 7.24. The highest BCUT2D eigenvalue weighted by Crippen LogP contribution is 2.24. The summed E-state index contributed by atoms with van der Waals surface area (Å²) in [6.07, 6.45) is 2.63. The third-order valence-corrected chi connectivity index (χ3v) is 3.88. The van der Waals surface area contributed by atoms with Crippen LogP contribution in [0.5, 0.6) is 0 Å². The van der Waals surface area contributed by atoms with Gasteiger partial charge in [-0.1, -0.05) is 12.0 Å². The Morgan fingerprint density at radius 2 is 1.81 bits per heavy atom. The molecule has 6 heteroatoms. The van der Waals surface area contributed by atoms with Crippen molar-refractivity contribution < 1.29 is 24.0 Å². The predicted octanol–water partition coefficient (Wildman–Crippen LogP) is 2.03. The molecule has 6 nitrogen and oxygen atoms in total. The van der Waals surface area contributed by atoms with E-state index in [1.54, 1.807) is 0 Å². The van der Waals surface area contributed by atoms with Crippen molar-refractivity contribution in [3.05, 3.63) is 0 Å². The molecule has 114 valence electrons. The second kappa shape index (κ2) is 7.11. The standard InChI is InChI=1S/C15H19NO5/c1-11-6-4-2-3-5-7-12(11)10-20-15(19)21-16-13(17)8-9-14(16)18/h11-12H,4-10H2,1H3/t11-,12-/m0/s1. The normalized spacial score (nSPS) is 25.7. The van der Waals surface area contributed by atoms with Gasteiger partial charge in [0.15, 0.2) is 0 Å². The van der Waals surface area contributed by atoms with Gasteiger partial charge in [-0.3, -0.25) is 14.4 Å². The Hall–Kier alpha value is -2.03. The Labute approximate surface area is 123 Å². The number of nitrogens with zero attached hydrogens (tertiary/aromatic N) is 1. The summed E-state index contributed by atoms with van der Waals surface area (Å²) in [6.45, 7) is 2.33. The van der Waals surface area contributed by atoms with E-state index < -0.39 is 18.0 Å². The Balaban J connectivity index is 1.79. The Bertz CT molecular complexity index is 474. The lowest BCUT2D eigenvalue weighted by Crippen LogP contribution is -2.33. The van der Waals surface area contributed by atoms with Crippen LogP contribution in [0.25, 0.3) is 0 Å². The Morgan fingerprint density at radius 3 is 2.48 bits per heavy atom. The highest BCUT2D eigenvalue weighted by atomic mass is 16.8. The number of imide groups is 1. The highest BCUT2D eigenvalue weighted by Gasteiger charge is 2.33. The van der Waals surface area contributed by atoms with E-state index in [2.05, 4.69) is 23.6 Å². The molecule has 0 radical (unpaired) electrons. The molecule has 0 N–H and O–H groups in total. The minimum Gasteiger partial charge on any atom is -0.432 e. The zero-order valence-electron chi connectivity index (χ0n) is 12.1. The van der Waals surface area contributed by atoms with Gasteiger partial charge in [0.05, 0.1) is 6.61 Å². The second-order valence-electron chi connectivity index (χ2n) is 5.40. The van der Waals surface area contributed by atoms with Crippen molar-refractivity contribution in [2.75, 3.05) is 6.61 Å². The van der Waals surface area contributed by atoms with Crippen molar-refractivity contribution in [1.82, 2.24) is 5.06 Å². The molecular formula is C15H19NO5. The molecule has 1 saturated heterocycles. The van der Waals surface area contributed by atoms with Crippen molar-refractivity contribution in [1.29, 1.82) is 0 Å². The van der Waals surface area contributed by atoms with Crippen molar-refractivity contribution in [2.24, 2.45) is 11.8 Å². The summed E-state index contributed by atoms with van der Waals surface area (Å²) in [5.74, 6) is 5.78. The molecule has 1 heterocycles. The van der Waals surface area contributed by atoms with Crippen LogP contribution in [-0.4, -0.2) is 29.6 Å². The fourth-order valence-electron chi connectivity index (χ4n) is 2.44. The van der Waals surface area contributed by atoms with Gasteiger partial charge >= 0.3 is 6.16 Å². The van der Waals surface area contributed by atoms with Crippen LogP contribution in [0.1, 0.15) is 45.4 Å². The summed E-state index contributed by atoms with van der Waals surface area (Å²) in [6, 6.07) is 0. The van der Waals surface area contributed by atoms with Crippen LogP contribution in [0.3, 0.4) is 0 Å². The molecule has 0 spiro atoms. The molecule has 0 aromatic heterocycles. The van der Waals surface area contributed by atoms with Gasteiger partial charge in [0.1, 0.15) is 0 Å². The first kappa shape index (κ1) is 15.4. The van der Waals surface area contributed by atoms with E-state index in [0.717, 1.165) is 25.7 Å². The summed E-state index contributed by atoms with van der Waals surface area (Å²) in [5, 5.41) is 0.495. The van der Waals surface area contributed by atoms with Crippen LogP contribution < -0.4 is 0 Å². The molecule has 2 rings (SSSR count). The number of carbonyl (C=O) groups is 3. The van der Waals surface area contributed by atoms with Gasteiger partial charge in [-0.25, -0.2) is 4.79 Å². The van der Waals surface area contributed by atoms with Gasteiger partial charge in [0.2, 0.25) is 0 Å². The molecule has 0 aromatic rings. The van der Waals surface area contributed by atoms with E-state index in [1.165, 1.54) is 0 Å². The molecule has 2 amide bonds. The summed E-state index contributed by atoms with van der Waals surface area (Å²) >= 11 is 0. The number of amides is 2. The van der Waals surface area contributed by atoms with Gasteiger partial charge in [0.25, 0.3) is 11.8 Å². The van der Waals surface area contributed by atoms with Gasteiger partial charge in [0, 0.05) is 25.7 Å². The third kappa shape index (κ3) is 4.22. The molecule has 2 atom stereocenters. The van der Waals surface area contributed by atoms with E-state index in [0.29, 0.717) is 11.0 Å². The van der Waals surface area contributed by atoms with Crippen LogP contribution in [0, 0.1) is 23.7 Å². The number of hydrogen-bond donors (Lipinski definition) is 0. The fraction of sp³-hybridized carbons (Fsp3) is 0.667. The Morgan fingerprint density at radius 1 is 1.19 bits per heavy atom. The van der Waals surface area contributed by atoms with Gasteiger partial charge in [-0.05, 0) is 24.7 Å². The first-order valence-electron chi connectivity index (χ1n) is 7.24. The first-order chi connectivity index (χ1) is 10.1. The SMILES string of the molecule is C[C@H]1CCC#CCC[C@H]1COC(=O)ON1C(=O)CCC1=O. The van der Waals surface area contributed by atoms with Gasteiger partial charge in [-0.2, -0.15) is 0 Å². The lowest BCUT2D eigenvalue weighted by molar-refractivity contribution is -0.177. The van der Waals surface area contributed by atoms with Crippen LogP contribution in [0.2, 0.25) is 0 Å². The molecule has 0 aromatic carbocycles. The molecule has 1 aliphatic heterocycles. The molecule has 2 aliphatic rings. The summed E-state index contributed by atoms with van der Waals surface area (Å²) in [7, 11) is 0. The lowest BCUT2D eigenvalue weighted by atomic mass is 9.86. The van der Waals surface area contributed by atoms with Crippen LogP contribution in [-0.2, 0) is 19.2 Å². The maximum Gasteiger partial charge on any atom is 0.533 e. The molecule has 21 heavy (non-hydrogen) atoms. The van der Waals surface area contributed by atoms with Crippen LogP contribution in [0.4, 0.5) is 4.79 Å². The monoisotopic (exact) mass is 293 g/mol. The quantitative estimate of drug-likeness (QED) is 0.452. The zero-order chi connectivity index (χ0) is 15.2. The summed E-state index contributed by atoms with van der Waals surface area (Å²) in [4.78, 5) is 38.9. The molecule has 0 saturated carbocycles. The second-order valence-corrected chi connectivity index (χ2v) is 5.40. The van der Waals surface area contributed by atoms with Crippen molar-refractivity contribution in [3.8, 4) is 11.8 Å². The molecular weight excluding hydrogens is 274 g/mol. The van der Waals surface area contributed by atoms with Crippen molar-refractivity contribution in [2.45, 2.75) is 45.4 Å². The zero-order valence-corrected chi connectivity index (χ0v) is 12.1. The highest BCUT2D eigenvalue weighted by molar-refractivity contribution is 6.01. The number of hydrogen-bond acceptors (Lipinski definition) is 5. The van der Waals surface area contributed by atoms with Crippen molar-refractivity contribution in [3.63, 3.8) is 0 Å². The van der Waals surface area contributed by atoms with Gasteiger partial charge < -0.3 is 4.74 Å². The van der Waals surface area contributed by atoms with Crippen molar-refractivity contribution >= 4 is 18.0 Å².